The van der Waals surface area contributed by atoms with Crippen molar-refractivity contribution in [2.45, 2.75) is 6.54 Å². The molecule has 7 nitrogen and oxygen atoms in total. The quantitative estimate of drug-likeness (QED) is 0.679. The van der Waals surface area contributed by atoms with Crippen LogP contribution in [0.1, 0.15) is 16.1 Å². The topological polar surface area (TPSA) is 76.6 Å². The lowest BCUT2D eigenvalue weighted by molar-refractivity contribution is 0.0988. The summed E-state index contributed by atoms with van der Waals surface area (Å²) in [4.78, 5) is 22.6. The number of aromatic nitrogens is 2. The van der Waals surface area contributed by atoms with Crippen molar-refractivity contribution >= 4 is 17.4 Å². The molecule has 0 unspecified atom stereocenters. The molecule has 0 saturated heterocycles. The summed E-state index contributed by atoms with van der Waals surface area (Å²) < 4.78 is 10.5. The number of hydrogen-bond donors (Lipinski definition) is 1. The fourth-order valence-electron chi connectivity index (χ4n) is 2.65. The van der Waals surface area contributed by atoms with Crippen molar-refractivity contribution in [1.29, 1.82) is 0 Å². The molecule has 0 fully saturated rings. The molecule has 144 valence electrons. The predicted molar refractivity (Wildman–Crippen MR) is 108 cm³/mol. The van der Waals surface area contributed by atoms with Gasteiger partial charge in [0.1, 0.15) is 11.5 Å². The van der Waals surface area contributed by atoms with Crippen LogP contribution in [0.5, 0.6) is 11.5 Å². The van der Waals surface area contributed by atoms with Crippen LogP contribution >= 0.6 is 0 Å². The summed E-state index contributed by atoms with van der Waals surface area (Å²) in [6.07, 6.45) is 3.02. The van der Waals surface area contributed by atoms with E-state index in [2.05, 4.69) is 15.3 Å². The molecule has 0 bridgehead atoms. The van der Waals surface area contributed by atoms with Gasteiger partial charge in [-0.15, -0.1) is 0 Å². The Balaban J connectivity index is 1.64. The van der Waals surface area contributed by atoms with Crippen LogP contribution in [0.2, 0.25) is 0 Å². The minimum atomic E-state index is -0.217. The number of benzene rings is 2. The molecule has 1 amide bonds. The second-order valence-corrected chi connectivity index (χ2v) is 6.03. The molecule has 1 heterocycles. The van der Waals surface area contributed by atoms with Gasteiger partial charge >= 0.3 is 0 Å². The van der Waals surface area contributed by atoms with Gasteiger partial charge < -0.3 is 19.7 Å². The van der Waals surface area contributed by atoms with Gasteiger partial charge in [-0.1, -0.05) is 24.3 Å². The van der Waals surface area contributed by atoms with Gasteiger partial charge in [0.15, 0.2) is 11.5 Å². The molecule has 0 saturated carbocycles. The van der Waals surface area contributed by atoms with E-state index in [0.717, 1.165) is 11.3 Å². The molecule has 3 rings (SSSR count). The van der Waals surface area contributed by atoms with Crippen molar-refractivity contribution in [3.05, 3.63) is 72.2 Å². The van der Waals surface area contributed by atoms with Crippen LogP contribution in [0.4, 0.5) is 11.5 Å². The Morgan fingerprint density at radius 2 is 1.75 bits per heavy atom. The van der Waals surface area contributed by atoms with Crippen LogP contribution in [-0.2, 0) is 6.54 Å². The van der Waals surface area contributed by atoms with Gasteiger partial charge in [0, 0.05) is 19.3 Å². The number of amides is 1. The summed E-state index contributed by atoms with van der Waals surface area (Å²) in [5.41, 5.74) is 2.08. The van der Waals surface area contributed by atoms with Gasteiger partial charge in [0.25, 0.3) is 5.91 Å². The van der Waals surface area contributed by atoms with Gasteiger partial charge in [-0.25, -0.2) is 9.97 Å². The van der Waals surface area contributed by atoms with E-state index in [-0.39, 0.29) is 11.6 Å². The Morgan fingerprint density at radius 3 is 2.39 bits per heavy atom. The number of ether oxygens (including phenoxy) is 2. The first-order valence-electron chi connectivity index (χ1n) is 8.72. The van der Waals surface area contributed by atoms with E-state index >= 15 is 0 Å². The third-order valence-corrected chi connectivity index (χ3v) is 4.24. The highest BCUT2D eigenvalue weighted by atomic mass is 16.5. The van der Waals surface area contributed by atoms with E-state index in [1.165, 1.54) is 6.20 Å². The number of methoxy groups -OCH3 is 2. The first kappa shape index (κ1) is 19.2. The lowest BCUT2D eigenvalue weighted by atomic mass is 10.2. The average molecular weight is 378 g/mol. The molecule has 0 radical (unpaired) electrons. The Labute approximate surface area is 164 Å². The van der Waals surface area contributed by atoms with E-state index in [4.69, 9.17) is 9.47 Å². The normalized spacial score (nSPS) is 10.2. The summed E-state index contributed by atoms with van der Waals surface area (Å²) in [5, 5.41) is 3.18. The number of para-hydroxylation sites is 1. The minimum Gasteiger partial charge on any atom is -0.493 e. The van der Waals surface area contributed by atoms with E-state index in [0.29, 0.717) is 23.9 Å². The molecule has 1 N–H and O–H groups in total. The van der Waals surface area contributed by atoms with Crippen molar-refractivity contribution in [2.75, 3.05) is 31.5 Å². The van der Waals surface area contributed by atoms with Crippen LogP contribution in [0, 0.1) is 0 Å². The summed E-state index contributed by atoms with van der Waals surface area (Å²) >= 11 is 0. The molecule has 3 aromatic rings. The molecule has 2 aromatic carbocycles. The summed E-state index contributed by atoms with van der Waals surface area (Å²) in [6.45, 7) is 0.534. The van der Waals surface area contributed by atoms with Gasteiger partial charge in [-0.3, -0.25) is 4.79 Å². The van der Waals surface area contributed by atoms with Gasteiger partial charge in [-0.05, 0) is 29.8 Å². The lowest BCUT2D eigenvalue weighted by Gasteiger charge is -2.16. The molecular weight excluding hydrogens is 356 g/mol. The largest absolute Gasteiger partial charge is 0.493 e. The first-order valence-corrected chi connectivity index (χ1v) is 8.72. The SMILES string of the molecule is COc1ccc(CNc2cnc(C(=O)N(C)c3ccccc3)cn2)cc1OC. The number of carbonyl (C=O) groups excluding carboxylic acids is 1. The molecular formula is C21H22N4O3. The summed E-state index contributed by atoms with van der Waals surface area (Å²) in [5.74, 6) is 1.70. The van der Waals surface area contributed by atoms with Crippen LogP contribution in [0.3, 0.4) is 0 Å². The van der Waals surface area contributed by atoms with Gasteiger partial charge in [-0.2, -0.15) is 0 Å². The number of nitrogens with zero attached hydrogens (tertiary/aromatic N) is 3. The lowest BCUT2D eigenvalue weighted by Crippen LogP contribution is -2.27. The number of rotatable bonds is 7. The van der Waals surface area contributed by atoms with Crippen molar-refractivity contribution in [2.24, 2.45) is 0 Å². The zero-order valence-corrected chi connectivity index (χ0v) is 16.0. The Bertz CT molecular complexity index is 930. The molecule has 28 heavy (non-hydrogen) atoms. The first-order chi connectivity index (χ1) is 13.6. The van der Waals surface area contributed by atoms with E-state index in [9.17, 15) is 4.79 Å². The van der Waals surface area contributed by atoms with Crippen LogP contribution in [0.25, 0.3) is 0 Å². The standard InChI is InChI=1S/C21H22N4O3/c1-25(16-7-5-4-6-8-16)21(26)17-13-24-20(14-22-17)23-12-15-9-10-18(27-2)19(11-15)28-3/h4-11,13-14H,12H2,1-3H3,(H,23,24). The number of hydrogen-bond acceptors (Lipinski definition) is 6. The van der Waals surface area contributed by atoms with E-state index in [1.54, 1.807) is 32.4 Å². The molecule has 0 atom stereocenters. The molecule has 0 aliphatic heterocycles. The van der Waals surface area contributed by atoms with Gasteiger partial charge in [0.2, 0.25) is 0 Å². The second kappa shape index (κ2) is 8.85. The third-order valence-electron chi connectivity index (χ3n) is 4.24. The average Bonchev–Trinajstić information content (AvgIpc) is 2.77. The second-order valence-electron chi connectivity index (χ2n) is 6.03. The highest BCUT2D eigenvalue weighted by Crippen LogP contribution is 2.27. The molecule has 1 aromatic heterocycles. The van der Waals surface area contributed by atoms with Crippen molar-refractivity contribution in [1.82, 2.24) is 9.97 Å². The number of anilines is 2. The maximum absolute atomic E-state index is 12.5. The summed E-state index contributed by atoms with van der Waals surface area (Å²) in [7, 11) is 4.91. The highest BCUT2D eigenvalue weighted by molar-refractivity contribution is 6.04. The van der Waals surface area contributed by atoms with Crippen molar-refractivity contribution in [3.8, 4) is 11.5 Å². The third kappa shape index (κ3) is 4.37. The molecule has 7 heteroatoms. The fourth-order valence-corrected chi connectivity index (χ4v) is 2.65. The van der Waals surface area contributed by atoms with Crippen molar-refractivity contribution < 1.29 is 14.3 Å². The van der Waals surface area contributed by atoms with Crippen LogP contribution in [0.15, 0.2) is 60.9 Å². The maximum Gasteiger partial charge on any atom is 0.278 e. The minimum absolute atomic E-state index is 0.217. The zero-order valence-electron chi connectivity index (χ0n) is 16.0. The Morgan fingerprint density at radius 1 is 1.00 bits per heavy atom. The smallest absolute Gasteiger partial charge is 0.278 e. The van der Waals surface area contributed by atoms with Crippen LogP contribution < -0.4 is 19.7 Å². The molecule has 0 spiro atoms. The number of carbonyl (C=O) groups is 1. The Hall–Kier alpha value is -3.61. The number of nitrogens with one attached hydrogen (secondary N) is 1. The Kier molecular flexibility index (Phi) is 6.06. The summed E-state index contributed by atoms with van der Waals surface area (Å²) in [6, 6.07) is 15.1. The predicted octanol–water partition coefficient (Wildman–Crippen LogP) is 3.38. The monoisotopic (exact) mass is 378 g/mol. The molecule has 0 aliphatic carbocycles. The van der Waals surface area contributed by atoms with E-state index < -0.39 is 0 Å². The van der Waals surface area contributed by atoms with E-state index in [1.807, 2.05) is 48.5 Å². The molecule has 0 aliphatic rings. The zero-order chi connectivity index (χ0) is 19.9. The van der Waals surface area contributed by atoms with Gasteiger partial charge in [0.05, 0.1) is 26.6 Å². The highest BCUT2D eigenvalue weighted by Gasteiger charge is 2.15. The fraction of sp³-hybridized carbons (Fsp3) is 0.190. The maximum atomic E-state index is 12.5. The van der Waals surface area contributed by atoms with Crippen molar-refractivity contribution in [3.63, 3.8) is 0 Å². The van der Waals surface area contributed by atoms with Crippen LogP contribution in [-0.4, -0.2) is 37.1 Å².